The first kappa shape index (κ1) is 13.9. The Bertz CT molecular complexity index is 229. The van der Waals surface area contributed by atoms with E-state index >= 15 is 0 Å². The molecular weight excluding hydrogens is 184 g/mol. The maximum atomic E-state index is 6.02. The average Bonchev–Trinajstić information content (AvgIpc) is 2.24. The number of allylic oxidation sites excluding steroid dienone is 3. The largest absolute Gasteiger partial charge is 0.402 e. The molecule has 0 aliphatic heterocycles. The van der Waals surface area contributed by atoms with E-state index in [2.05, 4.69) is 50.7 Å². The molecule has 2 unspecified atom stereocenters. The Morgan fingerprint density at radius 2 is 2.07 bits per heavy atom. The van der Waals surface area contributed by atoms with Crippen LogP contribution in [0.25, 0.3) is 0 Å². The summed E-state index contributed by atoms with van der Waals surface area (Å²) in [5.74, 6) is 0.311. The van der Waals surface area contributed by atoms with Crippen molar-refractivity contribution in [1.82, 2.24) is 0 Å². The number of nitrogens with two attached hydrogens (primary N) is 1. The van der Waals surface area contributed by atoms with Gasteiger partial charge in [-0.05, 0) is 32.9 Å². The normalized spacial score (nSPS) is 16.6. The van der Waals surface area contributed by atoms with Gasteiger partial charge in [-0.1, -0.05) is 32.1 Å². The van der Waals surface area contributed by atoms with E-state index in [4.69, 9.17) is 5.73 Å². The minimum absolute atomic E-state index is 0.264. The second-order valence-corrected chi connectivity index (χ2v) is 3.82. The molecule has 0 radical (unpaired) electrons. The quantitative estimate of drug-likeness (QED) is 0.506. The molecular formula is C13H24N2. The number of rotatable bonds is 7. The highest BCUT2D eigenvalue weighted by Crippen LogP contribution is 2.17. The topological polar surface area (TPSA) is 38.4 Å². The van der Waals surface area contributed by atoms with E-state index in [1.807, 2.05) is 0 Å². The zero-order chi connectivity index (χ0) is 11.7. The summed E-state index contributed by atoms with van der Waals surface area (Å²) < 4.78 is 0. The molecule has 0 rings (SSSR count). The second kappa shape index (κ2) is 8.27. The maximum absolute atomic E-state index is 6.02. The van der Waals surface area contributed by atoms with E-state index in [0.717, 1.165) is 25.0 Å². The van der Waals surface area contributed by atoms with Crippen LogP contribution in [-0.2, 0) is 0 Å². The molecule has 0 amide bonds. The molecule has 0 spiro atoms. The van der Waals surface area contributed by atoms with Crippen molar-refractivity contribution in [3.8, 4) is 0 Å². The molecule has 2 heteroatoms. The van der Waals surface area contributed by atoms with Crippen LogP contribution < -0.4 is 5.73 Å². The zero-order valence-electron chi connectivity index (χ0n) is 10.2. The van der Waals surface area contributed by atoms with Gasteiger partial charge in [-0.15, -0.1) is 0 Å². The van der Waals surface area contributed by atoms with Gasteiger partial charge in [0, 0.05) is 17.7 Å². The molecule has 0 bridgehead atoms. The van der Waals surface area contributed by atoms with Gasteiger partial charge in [0.1, 0.15) is 0 Å². The average molecular weight is 208 g/mol. The van der Waals surface area contributed by atoms with Gasteiger partial charge in [-0.25, -0.2) is 0 Å². The molecule has 0 heterocycles. The number of hydrogen-bond acceptors (Lipinski definition) is 2. The number of nitrogens with zero attached hydrogens (tertiary/aromatic N) is 1. The highest BCUT2D eigenvalue weighted by atomic mass is 14.7. The van der Waals surface area contributed by atoms with Crippen molar-refractivity contribution in [3.63, 3.8) is 0 Å². The van der Waals surface area contributed by atoms with Crippen LogP contribution in [0.3, 0.4) is 0 Å². The molecule has 0 saturated heterocycles. The van der Waals surface area contributed by atoms with Gasteiger partial charge < -0.3 is 5.73 Å². The Morgan fingerprint density at radius 1 is 1.40 bits per heavy atom. The maximum Gasteiger partial charge on any atom is 0.0473 e. The van der Waals surface area contributed by atoms with Crippen molar-refractivity contribution in [3.05, 3.63) is 23.9 Å². The minimum Gasteiger partial charge on any atom is -0.402 e. The van der Waals surface area contributed by atoms with E-state index in [1.165, 1.54) is 0 Å². The van der Waals surface area contributed by atoms with E-state index in [1.54, 1.807) is 0 Å². The summed E-state index contributed by atoms with van der Waals surface area (Å²) in [6, 6.07) is 0.264. The van der Waals surface area contributed by atoms with E-state index in [9.17, 15) is 0 Å². The van der Waals surface area contributed by atoms with Crippen LogP contribution in [0, 0.1) is 5.92 Å². The summed E-state index contributed by atoms with van der Waals surface area (Å²) in [4.78, 5) is 4.01. The lowest BCUT2D eigenvalue weighted by molar-refractivity contribution is 0.577. The van der Waals surface area contributed by atoms with Gasteiger partial charge in [-0.3, -0.25) is 4.99 Å². The predicted octanol–water partition coefficient (Wildman–Crippen LogP) is 3.30. The van der Waals surface area contributed by atoms with Gasteiger partial charge in [-0.2, -0.15) is 0 Å². The molecule has 0 saturated carbocycles. The third kappa shape index (κ3) is 6.10. The highest BCUT2D eigenvalue weighted by Gasteiger charge is 2.11. The van der Waals surface area contributed by atoms with Crippen molar-refractivity contribution in [2.24, 2.45) is 16.6 Å². The zero-order valence-corrected chi connectivity index (χ0v) is 10.2. The monoisotopic (exact) mass is 208 g/mol. The summed E-state index contributed by atoms with van der Waals surface area (Å²) in [6.07, 6.45) is 9.41. The van der Waals surface area contributed by atoms with Crippen molar-refractivity contribution >= 4 is 6.72 Å². The molecule has 0 aliphatic carbocycles. The lowest BCUT2D eigenvalue weighted by atomic mass is 9.96. The molecule has 2 N–H and O–H groups in total. The SMILES string of the molecule is C=NC(C)CC(/C=C\CC)/C(N)=C\CC. The summed E-state index contributed by atoms with van der Waals surface area (Å²) >= 11 is 0. The van der Waals surface area contributed by atoms with Crippen LogP contribution in [0.15, 0.2) is 28.9 Å². The molecule has 2 atom stereocenters. The van der Waals surface area contributed by atoms with Crippen LogP contribution >= 0.6 is 0 Å². The lowest BCUT2D eigenvalue weighted by Gasteiger charge is -2.16. The fraction of sp³-hybridized carbons (Fsp3) is 0.615. The number of hydrogen-bond donors (Lipinski definition) is 1. The van der Waals surface area contributed by atoms with Crippen LogP contribution in [0.4, 0.5) is 0 Å². The third-order valence-electron chi connectivity index (χ3n) is 2.38. The van der Waals surface area contributed by atoms with Gasteiger partial charge in [0.25, 0.3) is 0 Å². The summed E-state index contributed by atoms with van der Waals surface area (Å²) in [5.41, 5.74) is 6.98. The van der Waals surface area contributed by atoms with Crippen LogP contribution in [-0.4, -0.2) is 12.8 Å². The Kier molecular flexibility index (Phi) is 7.69. The Balaban J connectivity index is 4.49. The number of aliphatic imine (C=N–C) groups is 1. The molecule has 2 nitrogen and oxygen atoms in total. The van der Waals surface area contributed by atoms with Crippen molar-refractivity contribution in [2.45, 2.75) is 46.1 Å². The van der Waals surface area contributed by atoms with Gasteiger partial charge >= 0.3 is 0 Å². The fourth-order valence-corrected chi connectivity index (χ4v) is 1.46. The first-order chi connectivity index (χ1) is 7.15. The Labute approximate surface area is 94.0 Å². The molecule has 0 aliphatic rings. The van der Waals surface area contributed by atoms with Gasteiger partial charge in [0.2, 0.25) is 0 Å². The van der Waals surface area contributed by atoms with E-state index in [0.29, 0.717) is 5.92 Å². The van der Waals surface area contributed by atoms with Crippen molar-refractivity contribution in [1.29, 1.82) is 0 Å². The molecule has 0 aromatic heterocycles. The highest BCUT2D eigenvalue weighted by molar-refractivity contribution is 5.24. The van der Waals surface area contributed by atoms with Crippen molar-refractivity contribution < 1.29 is 0 Å². The smallest absolute Gasteiger partial charge is 0.0473 e. The molecule has 0 aromatic rings. The summed E-state index contributed by atoms with van der Waals surface area (Å²) in [5, 5.41) is 0. The lowest BCUT2D eigenvalue weighted by Crippen LogP contribution is -2.14. The minimum atomic E-state index is 0.264. The van der Waals surface area contributed by atoms with E-state index < -0.39 is 0 Å². The standard InChI is InChI=1S/C13H24N2/c1-5-7-9-12(10-11(3)15-4)13(14)8-6-2/h7-9,11-12H,4-6,10,14H2,1-3H3/b9-7-,13-8+. The Morgan fingerprint density at radius 3 is 2.53 bits per heavy atom. The Hall–Kier alpha value is -1.05. The first-order valence-corrected chi connectivity index (χ1v) is 5.73. The molecule has 0 fully saturated rings. The van der Waals surface area contributed by atoms with E-state index in [-0.39, 0.29) is 6.04 Å². The first-order valence-electron chi connectivity index (χ1n) is 5.73. The fourth-order valence-electron chi connectivity index (χ4n) is 1.46. The van der Waals surface area contributed by atoms with Gasteiger partial charge in [0.05, 0.1) is 0 Å². The molecule has 15 heavy (non-hydrogen) atoms. The summed E-state index contributed by atoms with van der Waals surface area (Å²) in [6.45, 7) is 9.86. The van der Waals surface area contributed by atoms with Crippen LogP contribution in [0.5, 0.6) is 0 Å². The summed E-state index contributed by atoms with van der Waals surface area (Å²) in [7, 11) is 0. The van der Waals surface area contributed by atoms with Gasteiger partial charge in [0.15, 0.2) is 0 Å². The van der Waals surface area contributed by atoms with Crippen LogP contribution in [0.1, 0.15) is 40.0 Å². The van der Waals surface area contributed by atoms with Crippen molar-refractivity contribution in [2.75, 3.05) is 0 Å². The molecule has 86 valence electrons. The third-order valence-corrected chi connectivity index (χ3v) is 2.38. The predicted molar refractivity (Wildman–Crippen MR) is 69.1 cm³/mol. The second-order valence-electron chi connectivity index (χ2n) is 3.82. The van der Waals surface area contributed by atoms with Crippen LogP contribution in [0.2, 0.25) is 0 Å². The molecule has 0 aromatic carbocycles.